The Kier molecular flexibility index (Phi) is 7.48. The van der Waals surface area contributed by atoms with Crippen LogP contribution in [0.25, 0.3) is 11.3 Å². The van der Waals surface area contributed by atoms with E-state index in [0.717, 1.165) is 54.1 Å². The Bertz CT molecular complexity index is 1140. The highest BCUT2D eigenvalue weighted by Gasteiger charge is 2.29. The smallest absolute Gasteiger partial charge is 0.307 e. The van der Waals surface area contributed by atoms with E-state index in [-0.39, 0.29) is 11.8 Å². The molecule has 0 aromatic carbocycles. The van der Waals surface area contributed by atoms with Crippen molar-refractivity contribution in [3.05, 3.63) is 60.3 Å². The minimum Gasteiger partial charge on any atom is -0.488 e. The summed E-state index contributed by atoms with van der Waals surface area (Å²) in [6.07, 6.45) is 8.86. The van der Waals surface area contributed by atoms with E-state index < -0.39 is 5.97 Å². The fraction of sp³-hybridized carbons (Fsp3) is 0.407. The molecule has 4 heterocycles. The molecule has 0 atom stereocenters. The monoisotopic (exact) mass is 476 g/mol. The Labute approximate surface area is 206 Å². The molecule has 4 rings (SSSR count). The van der Waals surface area contributed by atoms with Gasteiger partial charge in [0.25, 0.3) is 0 Å². The van der Waals surface area contributed by atoms with Crippen molar-refractivity contribution in [3.8, 4) is 22.8 Å². The number of anilines is 1. The number of ether oxygens (including phenoxy) is 2. The molecule has 1 aliphatic rings. The zero-order valence-corrected chi connectivity index (χ0v) is 20.5. The van der Waals surface area contributed by atoms with Gasteiger partial charge in [-0.3, -0.25) is 19.7 Å². The van der Waals surface area contributed by atoms with Crippen LogP contribution in [-0.4, -0.2) is 52.3 Å². The first-order chi connectivity index (χ1) is 16.8. The summed E-state index contributed by atoms with van der Waals surface area (Å²) in [7, 11) is 0. The van der Waals surface area contributed by atoms with Crippen LogP contribution in [0.3, 0.4) is 0 Å². The predicted octanol–water partition coefficient (Wildman–Crippen LogP) is 4.56. The average molecular weight is 477 g/mol. The molecule has 35 heavy (non-hydrogen) atoms. The summed E-state index contributed by atoms with van der Waals surface area (Å²) in [6.45, 7) is 8.94. The van der Waals surface area contributed by atoms with Crippen molar-refractivity contribution < 1.29 is 19.4 Å². The summed E-state index contributed by atoms with van der Waals surface area (Å²) in [4.78, 5) is 27.1. The van der Waals surface area contributed by atoms with Gasteiger partial charge in [-0.2, -0.15) is 0 Å². The molecule has 0 bridgehead atoms. The van der Waals surface area contributed by atoms with Crippen molar-refractivity contribution in [2.45, 2.75) is 40.0 Å². The second-order valence-corrected chi connectivity index (χ2v) is 9.57. The molecule has 1 saturated heterocycles. The maximum absolute atomic E-state index is 11.7. The maximum Gasteiger partial charge on any atom is 0.307 e. The largest absolute Gasteiger partial charge is 0.488 e. The average Bonchev–Trinajstić information content (AvgIpc) is 2.84. The number of piperidine rings is 1. The first kappa shape index (κ1) is 24.4. The first-order valence-corrected chi connectivity index (χ1v) is 11.9. The van der Waals surface area contributed by atoms with Gasteiger partial charge in [-0.15, -0.1) is 0 Å². The number of aromatic nitrogens is 3. The second kappa shape index (κ2) is 10.7. The minimum absolute atomic E-state index is 0.0694. The molecule has 0 radical (unpaired) electrons. The molecule has 0 amide bonds. The molecule has 8 nitrogen and oxygen atoms in total. The molecule has 1 aliphatic heterocycles. The van der Waals surface area contributed by atoms with Gasteiger partial charge in [0.2, 0.25) is 0 Å². The zero-order valence-electron chi connectivity index (χ0n) is 20.5. The molecule has 0 saturated carbocycles. The van der Waals surface area contributed by atoms with Crippen LogP contribution in [0, 0.1) is 12.3 Å². The topological polar surface area (TPSA) is 97.7 Å². The van der Waals surface area contributed by atoms with Crippen LogP contribution in [0.4, 0.5) is 5.69 Å². The van der Waals surface area contributed by atoms with E-state index in [1.807, 2.05) is 31.2 Å². The van der Waals surface area contributed by atoms with E-state index >= 15 is 0 Å². The molecule has 1 N–H and O–H groups in total. The third-order valence-electron chi connectivity index (χ3n) is 6.39. The second-order valence-electron chi connectivity index (χ2n) is 9.57. The highest BCUT2D eigenvalue weighted by molar-refractivity contribution is 5.83. The van der Waals surface area contributed by atoms with Crippen molar-refractivity contribution in [2.24, 2.45) is 5.41 Å². The van der Waals surface area contributed by atoms with Gasteiger partial charge < -0.3 is 19.5 Å². The third kappa shape index (κ3) is 6.26. The van der Waals surface area contributed by atoms with Gasteiger partial charge in [0.05, 0.1) is 30.2 Å². The molecule has 3 aromatic rings. The fourth-order valence-corrected chi connectivity index (χ4v) is 4.26. The predicted molar refractivity (Wildman–Crippen MR) is 134 cm³/mol. The van der Waals surface area contributed by atoms with Crippen LogP contribution in [0.1, 0.15) is 37.9 Å². The number of pyridine rings is 3. The Morgan fingerprint density at radius 2 is 1.74 bits per heavy atom. The van der Waals surface area contributed by atoms with Gasteiger partial charge in [0, 0.05) is 42.3 Å². The van der Waals surface area contributed by atoms with E-state index in [1.165, 1.54) is 0 Å². The third-order valence-corrected chi connectivity index (χ3v) is 6.39. The van der Waals surface area contributed by atoms with Crippen molar-refractivity contribution >= 4 is 11.7 Å². The summed E-state index contributed by atoms with van der Waals surface area (Å²) in [6, 6.07) is 7.43. The van der Waals surface area contributed by atoms with Crippen LogP contribution in [-0.2, 0) is 11.2 Å². The lowest BCUT2D eigenvalue weighted by molar-refractivity contribution is -0.136. The van der Waals surface area contributed by atoms with Gasteiger partial charge in [0.15, 0.2) is 0 Å². The zero-order chi connectivity index (χ0) is 24.8. The van der Waals surface area contributed by atoms with Crippen LogP contribution in [0.15, 0.2) is 49.1 Å². The number of carboxylic acid groups (broad SMARTS) is 1. The summed E-state index contributed by atoms with van der Waals surface area (Å²) in [5.41, 5.74) is 4.29. The Hall–Kier alpha value is -3.68. The first-order valence-electron chi connectivity index (χ1n) is 11.9. The number of nitrogens with zero attached hydrogens (tertiary/aromatic N) is 4. The van der Waals surface area contributed by atoms with Crippen LogP contribution < -0.4 is 14.4 Å². The van der Waals surface area contributed by atoms with Crippen LogP contribution >= 0.6 is 0 Å². The van der Waals surface area contributed by atoms with Crippen molar-refractivity contribution in [3.63, 3.8) is 0 Å². The molecule has 184 valence electrons. The van der Waals surface area contributed by atoms with E-state index in [9.17, 15) is 9.90 Å². The fourth-order valence-electron chi connectivity index (χ4n) is 4.26. The van der Waals surface area contributed by atoms with E-state index in [0.29, 0.717) is 24.7 Å². The van der Waals surface area contributed by atoms with Gasteiger partial charge in [-0.05, 0) is 49.4 Å². The molecular weight excluding hydrogens is 444 g/mol. The highest BCUT2D eigenvalue weighted by atomic mass is 16.5. The van der Waals surface area contributed by atoms with Gasteiger partial charge >= 0.3 is 5.97 Å². The highest BCUT2D eigenvalue weighted by Crippen LogP contribution is 2.39. The van der Waals surface area contributed by atoms with E-state index in [2.05, 4.69) is 33.7 Å². The molecule has 0 aliphatic carbocycles. The summed E-state index contributed by atoms with van der Waals surface area (Å²) >= 11 is 0. The molecule has 0 unspecified atom stereocenters. The lowest BCUT2D eigenvalue weighted by Crippen LogP contribution is -2.38. The Morgan fingerprint density at radius 3 is 2.34 bits per heavy atom. The standard InChI is InChI=1S/C27H32N4O4/c1-19-22(15-25(32)33)26(31-11-8-27(2,3)9-12-31)23(18-29-19)24-7-6-21(17-30-24)35-14-13-34-20-5-4-10-28-16-20/h4-7,10,16-18H,8-9,11-15H2,1-3H3,(H,32,33). The number of carbonyl (C=O) groups is 1. The maximum atomic E-state index is 11.7. The number of hydrogen-bond acceptors (Lipinski definition) is 7. The Morgan fingerprint density at radius 1 is 1.03 bits per heavy atom. The van der Waals surface area contributed by atoms with Crippen LogP contribution in [0.2, 0.25) is 0 Å². The van der Waals surface area contributed by atoms with Gasteiger partial charge in [-0.1, -0.05) is 13.8 Å². The van der Waals surface area contributed by atoms with E-state index in [4.69, 9.17) is 9.47 Å². The van der Waals surface area contributed by atoms with Crippen LogP contribution in [0.5, 0.6) is 11.5 Å². The van der Waals surface area contributed by atoms with Crippen molar-refractivity contribution in [1.82, 2.24) is 15.0 Å². The van der Waals surface area contributed by atoms with Crippen molar-refractivity contribution in [1.29, 1.82) is 0 Å². The summed E-state index contributed by atoms with van der Waals surface area (Å²) < 4.78 is 11.4. The normalized spacial score (nSPS) is 15.0. The molecular formula is C27H32N4O4. The lowest BCUT2D eigenvalue weighted by Gasteiger charge is -2.40. The van der Waals surface area contributed by atoms with Gasteiger partial charge in [0.1, 0.15) is 24.7 Å². The Balaban J connectivity index is 1.52. The summed E-state index contributed by atoms with van der Waals surface area (Å²) in [5.74, 6) is 0.466. The minimum atomic E-state index is -0.865. The van der Waals surface area contributed by atoms with Gasteiger partial charge in [-0.25, -0.2) is 0 Å². The molecule has 3 aromatic heterocycles. The molecule has 1 fully saturated rings. The number of rotatable bonds is 9. The quantitative estimate of drug-likeness (QED) is 0.449. The number of aliphatic carboxylic acids is 1. The SMILES string of the molecule is Cc1ncc(-c2ccc(OCCOc3cccnc3)cn2)c(N2CCC(C)(C)CC2)c1CC(=O)O. The lowest BCUT2D eigenvalue weighted by atomic mass is 9.82. The van der Waals surface area contributed by atoms with Crippen molar-refractivity contribution in [2.75, 3.05) is 31.2 Å². The number of aryl methyl sites for hydroxylation is 1. The molecule has 0 spiro atoms. The summed E-state index contributed by atoms with van der Waals surface area (Å²) in [5, 5.41) is 9.58. The molecule has 8 heteroatoms. The van der Waals surface area contributed by atoms with E-state index in [1.54, 1.807) is 24.8 Å². The number of carboxylic acids is 1. The number of hydrogen-bond donors (Lipinski definition) is 1.